The predicted octanol–water partition coefficient (Wildman–Crippen LogP) is 4.37. The fourth-order valence-electron chi connectivity index (χ4n) is 3.12. The highest BCUT2D eigenvalue weighted by molar-refractivity contribution is 7.99. The predicted molar refractivity (Wildman–Crippen MR) is 128 cm³/mol. The molecule has 0 fully saturated rings. The molecule has 0 saturated heterocycles. The zero-order chi connectivity index (χ0) is 23.2. The molecule has 1 heterocycles. The Morgan fingerprint density at radius 1 is 0.879 bits per heavy atom. The summed E-state index contributed by atoms with van der Waals surface area (Å²) in [6.45, 7) is 0. The van der Waals surface area contributed by atoms with Gasteiger partial charge in [-0.05, 0) is 42.0 Å². The van der Waals surface area contributed by atoms with Gasteiger partial charge in [0.25, 0.3) is 11.5 Å². The summed E-state index contributed by atoms with van der Waals surface area (Å²) in [5.41, 5.74) is 1.71. The number of hydrogen-bond donors (Lipinski definition) is 3. The maximum atomic E-state index is 12.5. The van der Waals surface area contributed by atoms with E-state index in [1.807, 2.05) is 12.1 Å². The van der Waals surface area contributed by atoms with Crippen LogP contribution in [-0.2, 0) is 0 Å². The van der Waals surface area contributed by atoms with E-state index < -0.39 is 11.4 Å². The Morgan fingerprint density at radius 3 is 2.15 bits per heavy atom. The van der Waals surface area contributed by atoms with E-state index in [4.69, 9.17) is 0 Å². The second-order valence-corrected chi connectivity index (χ2v) is 8.01. The number of amides is 1. The number of rotatable bonds is 7. The Labute approximate surface area is 193 Å². The molecule has 0 aliphatic rings. The molecule has 0 unspecified atom stereocenters. The number of H-pyrrole nitrogens is 1. The number of aromatic nitrogens is 2. The van der Waals surface area contributed by atoms with Crippen molar-refractivity contribution in [3.63, 3.8) is 0 Å². The van der Waals surface area contributed by atoms with Gasteiger partial charge in [-0.3, -0.25) is 14.4 Å². The summed E-state index contributed by atoms with van der Waals surface area (Å²) in [6, 6.07) is 24.1. The van der Waals surface area contributed by atoms with Gasteiger partial charge in [-0.25, -0.2) is 0 Å². The molecule has 33 heavy (non-hydrogen) atoms. The number of hydrogen-bond acceptors (Lipinski definition) is 6. The van der Waals surface area contributed by atoms with Crippen LogP contribution in [0.5, 0.6) is 5.88 Å². The Hall–Kier alpha value is -4.17. The number of ketones is 1. The zero-order valence-electron chi connectivity index (χ0n) is 17.3. The number of carbonyl (C=O) groups is 2. The fourth-order valence-corrected chi connectivity index (χ4v) is 3.87. The summed E-state index contributed by atoms with van der Waals surface area (Å²) >= 11 is 1.02. The summed E-state index contributed by atoms with van der Waals surface area (Å²) in [5, 5.41) is 13.2. The molecule has 0 aliphatic carbocycles. The third kappa shape index (κ3) is 5.36. The topological polar surface area (TPSA) is 112 Å². The van der Waals surface area contributed by atoms with Crippen molar-refractivity contribution in [2.75, 3.05) is 11.1 Å². The summed E-state index contributed by atoms with van der Waals surface area (Å²) in [7, 11) is 0. The van der Waals surface area contributed by atoms with Crippen molar-refractivity contribution < 1.29 is 14.7 Å². The first-order chi connectivity index (χ1) is 16.0. The molecule has 4 rings (SSSR count). The molecule has 164 valence electrons. The lowest BCUT2D eigenvalue weighted by Crippen LogP contribution is -2.13. The van der Waals surface area contributed by atoms with Crippen molar-refractivity contribution in [1.29, 1.82) is 0 Å². The monoisotopic (exact) mass is 457 g/mol. The Balaban J connectivity index is 1.39. The van der Waals surface area contributed by atoms with Crippen molar-refractivity contribution in [2.45, 2.75) is 5.16 Å². The average Bonchev–Trinajstić information content (AvgIpc) is 2.84. The van der Waals surface area contributed by atoms with E-state index in [2.05, 4.69) is 15.3 Å². The highest BCUT2D eigenvalue weighted by atomic mass is 32.2. The number of aromatic amines is 1. The van der Waals surface area contributed by atoms with Gasteiger partial charge in [-0.15, -0.1) is 0 Å². The number of Topliss-reactive ketones (excluding diaryl/α,β-unsaturated/α-hetero) is 1. The number of benzene rings is 3. The number of nitrogens with zero attached hydrogens (tertiary/aromatic N) is 1. The molecule has 4 aromatic rings. The molecule has 7 nitrogen and oxygen atoms in total. The number of carbonyl (C=O) groups excluding carboxylic acids is 2. The van der Waals surface area contributed by atoms with Crippen LogP contribution in [0.2, 0.25) is 0 Å². The van der Waals surface area contributed by atoms with Crippen molar-refractivity contribution in [2.24, 2.45) is 0 Å². The third-order valence-electron chi connectivity index (χ3n) is 4.78. The molecule has 0 atom stereocenters. The lowest BCUT2D eigenvalue weighted by atomic mass is 10.1. The smallest absolute Gasteiger partial charge is 0.263 e. The minimum absolute atomic E-state index is 0.0167. The van der Waals surface area contributed by atoms with Gasteiger partial charge in [0.2, 0.25) is 5.88 Å². The SMILES string of the molecule is O=C(CSc1nc(O)c(-c2ccccc2)c(=O)[nH]1)c1ccc(NC(=O)c2ccccc2)cc1. The molecule has 3 N–H and O–H groups in total. The van der Waals surface area contributed by atoms with E-state index in [0.717, 1.165) is 11.8 Å². The van der Waals surface area contributed by atoms with E-state index >= 15 is 0 Å². The summed E-state index contributed by atoms with van der Waals surface area (Å²) in [5.74, 6) is -0.796. The average molecular weight is 458 g/mol. The fraction of sp³-hybridized carbons (Fsp3) is 0.0400. The molecule has 3 aromatic carbocycles. The first-order valence-electron chi connectivity index (χ1n) is 10.0. The minimum Gasteiger partial charge on any atom is -0.493 e. The van der Waals surface area contributed by atoms with Crippen LogP contribution in [-0.4, -0.2) is 32.5 Å². The van der Waals surface area contributed by atoms with Gasteiger partial charge in [0.15, 0.2) is 10.9 Å². The van der Waals surface area contributed by atoms with Crippen LogP contribution < -0.4 is 10.9 Å². The zero-order valence-corrected chi connectivity index (χ0v) is 18.1. The van der Waals surface area contributed by atoms with Crippen molar-refractivity contribution >= 4 is 29.1 Å². The molecule has 8 heteroatoms. The van der Waals surface area contributed by atoms with Gasteiger partial charge in [0, 0.05) is 16.8 Å². The standard InChI is InChI=1S/C25H19N3O4S/c29-20(16-11-13-19(14-12-16)26-22(30)18-9-5-2-6-10-18)15-33-25-27-23(31)21(24(32)28-25)17-7-3-1-4-8-17/h1-14H,15H2,(H,26,30)(H2,27,28,31,32). The van der Waals surface area contributed by atoms with E-state index in [0.29, 0.717) is 22.4 Å². The molecule has 1 aromatic heterocycles. The molecule has 1 amide bonds. The van der Waals surface area contributed by atoms with Gasteiger partial charge in [0.05, 0.1) is 5.75 Å². The summed E-state index contributed by atoms with van der Waals surface area (Å²) in [6.07, 6.45) is 0. The third-order valence-corrected chi connectivity index (χ3v) is 5.66. The van der Waals surface area contributed by atoms with E-state index in [9.17, 15) is 19.5 Å². The lowest BCUT2D eigenvalue weighted by molar-refractivity contribution is 0.101. The van der Waals surface area contributed by atoms with Crippen LogP contribution in [0, 0.1) is 0 Å². The van der Waals surface area contributed by atoms with Gasteiger partial charge in [-0.1, -0.05) is 60.3 Å². The quantitative estimate of drug-likeness (QED) is 0.216. The Kier molecular flexibility index (Phi) is 6.66. The molecule has 0 saturated carbocycles. The molecule has 0 radical (unpaired) electrons. The second-order valence-electron chi connectivity index (χ2n) is 7.05. The van der Waals surface area contributed by atoms with E-state index in [-0.39, 0.29) is 28.2 Å². The molecular formula is C25H19N3O4S. The molecule has 0 aliphatic heterocycles. The van der Waals surface area contributed by atoms with Crippen LogP contribution in [0.15, 0.2) is 94.9 Å². The number of nitrogens with one attached hydrogen (secondary N) is 2. The van der Waals surface area contributed by atoms with E-state index in [1.54, 1.807) is 72.8 Å². The molecule has 0 spiro atoms. The summed E-state index contributed by atoms with van der Waals surface area (Å²) < 4.78 is 0. The summed E-state index contributed by atoms with van der Waals surface area (Å²) in [4.78, 5) is 43.8. The Bertz CT molecular complexity index is 1340. The van der Waals surface area contributed by atoms with Crippen LogP contribution in [0.1, 0.15) is 20.7 Å². The van der Waals surface area contributed by atoms with Crippen molar-refractivity contribution in [3.8, 4) is 17.0 Å². The largest absolute Gasteiger partial charge is 0.493 e. The van der Waals surface area contributed by atoms with Gasteiger partial charge in [0.1, 0.15) is 5.56 Å². The highest BCUT2D eigenvalue weighted by Gasteiger charge is 2.15. The van der Waals surface area contributed by atoms with Crippen LogP contribution in [0.4, 0.5) is 5.69 Å². The number of thioether (sulfide) groups is 1. The van der Waals surface area contributed by atoms with Crippen molar-refractivity contribution in [1.82, 2.24) is 9.97 Å². The van der Waals surface area contributed by atoms with Crippen LogP contribution >= 0.6 is 11.8 Å². The maximum Gasteiger partial charge on any atom is 0.263 e. The number of anilines is 1. The Morgan fingerprint density at radius 2 is 1.52 bits per heavy atom. The van der Waals surface area contributed by atoms with Gasteiger partial charge >= 0.3 is 0 Å². The van der Waals surface area contributed by atoms with Crippen LogP contribution in [0.25, 0.3) is 11.1 Å². The number of aromatic hydroxyl groups is 1. The lowest BCUT2D eigenvalue weighted by Gasteiger charge is -2.07. The highest BCUT2D eigenvalue weighted by Crippen LogP contribution is 2.25. The van der Waals surface area contributed by atoms with E-state index in [1.165, 1.54) is 0 Å². The first kappa shape index (κ1) is 22.0. The normalized spacial score (nSPS) is 10.5. The molecule has 0 bridgehead atoms. The van der Waals surface area contributed by atoms with Gasteiger partial charge < -0.3 is 15.4 Å². The van der Waals surface area contributed by atoms with Crippen molar-refractivity contribution in [3.05, 3.63) is 106 Å². The van der Waals surface area contributed by atoms with Crippen LogP contribution in [0.3, 0.4) is 0 Å². The first-order valence-corrected chi connectivity index (χ1v) is 11.0. The second kappa shape index (κ2) is 9.97. The van der Waals surface area contributed by atoms with Gasteiger partial charge in [-0.2, -0.15) is 4.98 Å². The molecular weight excluding hydrogens is 438 g/mol. The minimum atomic E-state index is -0.484. The maximum absolute atomic E-state index is 12.5.